The monoisotopic (exact) mass is 535 g/mol. The second-order valence-electron chi connectivity index (χ2n) is 9.05. The van der Waals surface area contributed by atoms with E-state index in [9.17, 15) is 29.4 Å². The number of hydrogen-bond donors (Lipinski definition) is 3. The van der Waals surface area contributed by atoms with Crippen molar-refractivity contribution < 1.29 is 34.1 Å². The van der Waals surface area contributed by atoms with Gasteiger partial charge in [0.15, 0.2) is 6.61 Å². The highest BCUT2D eigenvalue weighted by molar-refractivity contribution is 8.00. The Bertz CT molecular complexity index is 1360. The number of thioether (sulfide) groups is 1. The zero-order valence-corrected chi connectivity index (χ0v) is 21.0. The molecule has 2 aromatic rings. The molecule has 2 atom stereocenters. The summed E-state index contributed by atoms with van der Waals surface area (Å²) in [5.74, 6) is -1.58. The number of phenolic OH excluding ortho intramolecular Hbond substituents is 1. The lowest BCUT2D eigenvalue weighted by atomic mass is 10.0. The van der Waals surface area contributed by atoms with Crippen molar-refractivity contribution in [2.75, 3.05) is 18.9 Å². The van der Waals surface area contributed by atoms with Crippen LogP contribution in [0.4, 0.5) is 0 Å². The van der Waals surface area contributed by atoms with Gasteiger partial charge in [-0.25, -0.2) is 4.79 Å². The van der Waals surface area contributed by atoms with Crippen LogP contribution in [0.15, 0.2) is 77.5 Å². The van der Waals surface area contributed by atoms with Crippen molar-refractivity contribution in [1.29, 1.82) is 0 Å². The van der Waals surface area contributed by atoms with E-state index >= 15 is 0 Å². The summed E-state index contributed by atoms with van der Waals surface area (Å²) in [6.07, 6.45) is 2.01. The van der Waals surface area contributed by atoms with E-state index in [4.69, 9.17) is 4.74 Å². The number of carbonyl (C=O) groups is 4. The van der Waals surface area contributed by atoms with Gasteiger partial charge in [0.1, 0.15) is 28.6 Å². The zero-order valence-electron chi connectivity index (χ0n) is 20.2. The van der Waals surface area contributed by atoms with E-state index < -0.39 is 29.2 Å². The molecule has 3 N–H and O–H groups in total. The normalized spacial score (nSPS) is 21.8. The molecule has 0 radical (unpaired) electrons. The van der Waals surface area contributed by atoms with E-state index in [0.29, 0.717) is 36.4 Å². The molecule has 0 bridgehead atoms. The molecular formula is C27H25N3O7S. The number of allylic oxidation sites excluding steroid dienone is 1. The number of hydrogen-bond acceptors (Lipinski definition) is 7. The number of β-lactam (4-membered cyclic amide) rings is 1. The van der Waals surface area contributed by atoms with E-state index in [2.05, 4.69) is 5.32 Å². The van der Waals surface area contributed by atoms with Gasteiger partial charge < -0.3 is 25.2 Å². The summed E-state index contributed by atoms with van der Waals surface area (Å²) in [7, 11) is 0. The minimum Gasteiger partial charge on any atom is -0.508 e. The predicted molar refractivity (Wildman–Crippen MR) is 138 cm³/mol. The van der Waals surface area contributed by atoms with Crippen LogP contribution in [0.2, 0.25) is 0 Å². The Balaban J connectivity index is 1.26. The third kappa shape index (κ3) is 5.10. The Morgan fingerprint density at radius 2 is 1.92 bits per heavy atom. The summed E-state index contributed by atoms with van der Waals surface area (Å²) in [5, 5.41) is 21.7. The van der Waals surface area contributed by atoms with Crippen molar-refractivity contribution in [1.82, 2.24) is 15.1 Å². The van der Waals surface area contributed by atoms with E-state index in [1.807, 2.05) is 12.1 Å². The number of carboxylic acids is 1. The van der Waals surface area contributed by atoms with Crippen LogP contribution in [-0.4, -0.2) is 74.0 Å². The SMILES string of the molecule is O=C(COc1ccccc1)N[C@@H]1C(=O)N2C(C(=O)O)=C(C=C3CCN(Cc4cccc(O)c4)C3=O)CS[C@H]12. The van der Waals surface area contributed by atoms with Gasteiger partial charge in [0.25, 0.3) is 11.8 Å². The van der Waals surface area contributed by atoms with Crippen LogP contribution < -0.4 is 10.1 Å². The highest BCUT2D eigenvalue weighted by atomic mass is 32.2. The first-order valence-corrected chi connectivity index (χ1v) is 13.0. The number of ether oxygens (including phenoxy) is 1. The fraction of sp³-hybridized carbons (Fsp3) is 0.259. The first-order chi connectivity index (χ1) is 18.3. The molecule has 5 rings (SSSR count). The molecule has 0 spiro atoms. The molecule has 2 saturated heterocycles. The Morgan fingerprint density at radius 3 is 2.66 bits per heavy atom. The molecule has 0 aromatic heterocycles. The largest absolute Gasteiger partial charge is 0.508 e. The molecule has 38 heavy (non-hydrogen) atoms. The lowest BCUT2D eigenvalue weighted by Gasteiger charge is -2.49. The highest BCUT2D eigenvalue weighted by Gasteiger charge is 2.54. The number of likely N-dealkylation sites (tertiary alicyclic amines) is 1. The van der Waals surface area contributed by atoms with Crippen molar-refractivity contribution in [2.45, 2.75) is 24.4 Å². The van der Waals surface area contributed by atoms with Crippen LogP contribution in [-0.2, 0) is 25.7 Å². The maximum atomic E-state index is 13.0. The van der Waals surface area contributed by atoms with E-state index in [1.165, 1.54) is 16.7 Å². The van der Waals surface area contributed by atoms with Crippen LogP contribution in [0.3, 0.4) is 0 Å². The first-order valence-electron chi connectivity index (χ1n) is 12.0. The molecule has 0 unspecified atom stereocenters. The topological polar surface area (TPSA) is 136 Å². The summed E-state index contributed by atoms with van der Waals surface area (Å²) >= 11 is 1.33. The van der Waals surface area contributed by atoms with Crippen LogP contribution >= 0.6 is 11.8 Å². The van der Waals surface area contributed by atoms with Crippen LogP contribution in [0.5, 0.6) is 11.5 Å². The maximum absolute atomic E-state index is 13.0. The molecule has 3 aliphatic rings. The molecule has 0 saturated carbocycles. The number of carbonyl (C=O) groups excluding carboxylic acids is 3. The molecule has 3 heterocycles. The smallest absolute Gasteiger partial charge is 0.352 e. The number of aromatic hydroxyl groups is 1. The minimum absolute atomic E-state index is 0.118. The molecule has 0 aliphatic carbocycles. The third-order valence-electron chi connectivity index (χ3n) is 6.48. The van der Waals surface area contributed by atoms with Crippen molar-refractivity contribution in [3.8, 4) is 11.5 Å². The fourth-order valence-electron chi connectivity index (χ4n) is 4.67. The van der Waals surface area contributed by atoms with Gasteiger partial charge >= 0.3 is 5.97 Å². The number of rotatable bonds is 8. The van der Waals surface area contributed by atoms with Crippen molar-refractivity contribution in [3.05, 3.63) is 83.1 Å². The molecule has 3 amide bonds. The zero-order chi connectivity index (χ0) is 26.8. The summed E-state index contributed by atoms with van der Waals surface area (Å²) in [6, 6.07) is 14.6. The molecule has 3 aliphatic heterocycles. The van der Waals surface area contributed by atoms with Gasteiger partial charge in [0.05, 0.1) is 0 Å². The van der Waals surface area contributed by atoms with Crippen molar-refractivity contribution >= 4 is 35.5 Å². The van der Waals surface area contributed by atoms with E-state index in [-0.39, 0.29) is 29.7 Å². The van der Waals surface area contributed by atoms with Gasteiger partial charge in [-0.15, -0.1) is 11.8 Å². The number of benzene rings is 2. The molecule has 2 fully saturated rings. The lowest BCUT2D eigenvalue weighted by Crippen LogP contribution is -2.70. The van der Waals surface area contributed by atoms with E-state index in [0.717, 1.165) is 5.56 Å². The molecule has 10 nitrogen and oxygen atoms in total. The standard InChI is InChI=1S/C27H25N3O7S/c31-19-6-4-5-16(11-19)13-29-10-9-17(24(29)33)12-18-15-38-26-22(25(34)30(26)23(18)27(35)36)28-21(32)14-37-20-7-2-1-3-8-20/h1-8,11-12,22,26,31H,9-10,13-15H2,(H,28,32)(H,35,36)/t22-,26-/m1/s1. The lowest BCUT2D eigenvalue weighted by molar-refractivity contribution is -0.150. The number of nitrogens with zero attached hydrogens (tertiary/aromatic N) is 2. The summed E-state index contributed by atoms with van der Waals surface area (Å²) in [5.41, 5.74) is 1.46. The van der Waals surface area contributed by atoms with Gasteiger partial charge in [0.2, 0.25) is 5.91 Å². The number of amides is 3. The Kier molecular flexibility index (Phi) is 7.10. The van der Waals surface area contributed by atoms with Crippen molar-refractivity contribution in [3.63, 3.8) is 0 Å². The van der Waals surface area contributed by atoms with Gasteiger partial charge in [-0.3, -0.25) is 19.3 Å². The van der Waals surface area contributed by atoms with Gasteiger partial charge in [0, 0.05) is 24.4 Å². The second-order valence-corrected chi connectivity index (χ2v) is 10.2. The van der Waals surface area contributed by atoms with Crippen LogP contribution in [0.25, 0.3) is 0 Å². The molecule has 11 heteroatoms. The highest BCUT2D eigenvalue weighted by Crippen LogP contribution is 2.41. The quantitative estimate of drug-likeness (QED) is 0.344. The maximum Gasteiger partial charge on any atom is 0.352 e. The van der Waals surface area contributed by atoms with Crippen LogP contribution in [0.1, 0.15) is 12.0 Å². The van der Waals surface area contributed by atoms with Gasteiger partial charge in [-0.1, -0.05) is 30.3 Å². The predicted octanol–water partition coefficient (Wildman–Crippen LogP) is 1.87. The first kappa shape index (κ1) is 25.4. The van der Waals surface area contributed by atoms with Gasteiger partial charge in [-0.05, 0) is 47.9 Å². The number of fused-ring (bicyclic) bond motifs is 1. The average Bonchev–Trinajstić information content (AvgIpc) is 3.24. The Hall–Kier alpha value is -4.25. The molecule has 196 valence electrons. The number of carboxylic acid groups (broad SMARTS) is 1. The van der Waals surface area contributed by atoms with E-state index in [1.54, 1.807) is 53.4 Å². The molecule has 2 aromatic carbocycles. The number of nitrogens with one attached hydrogen (secondary N) is 1. The van der Waals surface area contributed by atoms with Crippen molar-refractivity contribution in [2.24, 2.45) is 0 Å². The Labute approximate surface area is 222 Å². The summed E-state index contributed by atoms with van der Waals surface area (Å²) in [6.45, 7) is 0.519. The minimum atomic E-state index is -1.27. The van der Waals surface area contributed by atoms with Gasteiger partial charge in [-0.2, -0.15) is 0 Å². The summed E-state index contributed by atoms with van der Waals surface area (Å²) in [4.78, 5) is 53.2. The second kappa shape index (κ2) is 10.6. The number of para-hydroxylation sites is 1. The average molecular weight is 536 g/mol. The third-order valence-corrected chi connectivity index (χ3v) is 7.78. The Morgan fingerprint density at radius 1 is 1.13 bits per heavy atom. The number of aliphatic carboxylic acids is 1. The molecular weight excluding hydrogens is 510 g/mol. The fourth-order valence-corrected chi connectivity index (χ4v) is 5.98. The summed E-state index contributed by atoms with van der Waals surface area (Å²) < 4.78 is 5.42. The number of phenols is 1. The van der Waals surface area contributed by atoms with Crippen LogP contribution in [0, 0.1) is 0 Å².